The Bertz CT molecular complexity index is 468. The number of rotatable bonds is 3. The Hall–Kier alpha value is -0.840. The van der Waals surface area contributed by atoms with Gasteiger partial charge in [-0.05, 0) is 48.7 Å². The lowest BCUT2D eigenvalue weighted by atomic mass is 10.3. The predicted octanol–water partition coefficient (Wildman–Crippen LogP) is 4.40. The van der Waals surface area contributed by atoms with Gasteiger partial charge in [-0.3, -0.25) is 0 Å². The van der Waals surface area contributed by atoms with Gasteiger partial charge < -0.3 is 11.1 Å². The fourth-order valence-corrected chi connectivity index (χ4v) is 2.61. The van der Waals surface area contributed by atoms with Gasteiger partial charge in [0.05, 0.1) is 0 Å². The molecule has 0 saturated carbocycles. The van der Waals surface area contributed by atoms with Gasteiger partial charge in [0, 0.05) is 21.6 Å². The van der Waals surface area contributed by atoms with Crippen molar-refractivity contribution in [2.45, 2.75) is 20.4 Å². The van der Waals surface area contributed by atoms with E-state index in [4.69, 9.17) is 5.73 Å². The molecule has 0 spiro atoms. The Morgan fingerprint density at radius 2 is 2.06 bits per heavy atom. The molecule has 0 unspecified atom stereocenters. The summed E-state index contributed by atoms with van der Waals surface area (Å²) in [6, 6.07) is 10.4. The van der Waals surface area contributed by atoms with Crippen molar-refractivity contribution in [3.05, 3.63) is 50.6 Å². The Morgan fingerprint density at radius 1 is 1.33 bits per heavy atom. The molecule has 2 aromatic rings. The highest BCUT2D eigenvalue weighted by Gasteiger charge is 1.99. The van der Waals surface area contributed by atoms with E-state index in [0.717, 1.165) is 23.2 Å². The van der Waals surface area contributed by atoms with Crippen molar-refractivity contribution < 1.29 is 0 Å². The number of nitrogens with two attached hydrogens (primary N) is 1. The largest absolute Gasteiger partial charge is 0.380 e. The van der Waals surface area contributed by atoms with Crippen molar-refractivity contribution in [3.8, 4) is 0 Å². The molecule has 0 aliphatic heterocycles. The van der Waals surface area contributed by atoms with Crippen LogP contribution in [-0.4, -0.2) is 6.54 Å². The van der Waals surface area contributed by atoms with Gasteiger partial charge in [-0.15, -0.1) is 11.3 Å². The van der Waals surface area contributed by atoms with Crippen LogP contribution in [0.5, 0.6) is 0 Å². The van der Waals surface area contributed by atoms with Gasteiger partial charge in [0.15, 0.2) is 0 Å². The standard InChI is InChI=1S/C12H12BrNS.C2H7N/c1-9-5-6-15-12(9)8-14-11-4-2-3-10(13)7-11;1-2-3/h2-7,14H,8H2,1H3;2-3H2,1H3. The molecule has 0 bridgehead atoms. The van der Waals surface area contributed by atoms with Gasteiger partial charge in [-0.2, -0.15) is 0 Å². The molecule has 2 nitrogen and oxygen atoms in total. The highest BCUT2D eigenvalue weighted by atomic mass is 79.9. The fraction of sp³-hybridized carbons (Fsp3) is 0.286. The van der Waals surface area contributed by atoms with E-state index in [9.17, 15) is 0 Å². The van der Waals surface area contributed by atoms with Crippen LogP contribution in [0.15, 0.2) is 40.2 Å². The van der Waals surface area contributed by atoms with E-state index < -0.39 is 0 Å². The zero-order valence-corrected chi connectivity index (χ0v) is 13.1. The zero-order valence-electron chi connectivity index (χ0n) is 10.7. The summed E-state index contributed by atoms with van der Waals surface area (Å²) in [4.78, 5) is 1.40. The molecular weight excluding hydrogens is 308 g/mol. The zero-order chi connectivity index (χ0) is 13.4. The monoisotopic (exact) mass is 326 g/mol. The molecule has 1 aromatic carbocycles. The third-order valence-corrected chi connectivity index (χ3v) is 3.76. The summed E-state index contributed by atoms with van der Waals surface area (Å²) >= 11 is 5.26. The average Bonchev–Trinajstić information content (AvgIpc) is 2.73. The van der Waals surface area contributed by atoms with Crippen molar-refractivity contribution in [2.24, 2.45) is 5.73 Å². The molecule has 0 atom stereocenters. The molecule has 4 heteroatoms. The van der Waals surface area contributed by atoms with Crippen LogP contribution >= 0.6 is 27.3 Å². The molecule has 18 heavy (non-hydrogen) atoms. The van der Waals surface area contributed by atoms with Gasteiger partial charge in [0.2, 0.25) is 0 Å². The molecule has 1 heterocycles. The molecule has 0 aliphatic rings. The third-order valence-electron chi connectivity index (χ3n) is 2.25. The number of aryl methyl sites for hydroxylation is 1. The summed E-state index contributed by atoms with van der Waals surface area (Å²) in [5.74, 6) is 0. The number of anilines is 1. The lowest BCUT2D eigenvalue weighted by Crippen LogP contribution is -1.98. The fourth-order valence-electron chi connectivity index (χ4n) is 1.37. The maximum absolute atomic E-state index is 4.85. The molecule has 0 radical (unpaired) electrons. The van der Waals surface area contributed by atoms with Crippen LogP contribution in [-0.2, 0) is 6.54 Å². The van der Waals surface area contributed by atoms with E-state index in [1.54, 1.807) is 11.3 Å². The van der Waals surface area contributed by atoms with Crippen molar-refractivity contribution in [2.75, 3.05) is 11.9 Å². The summed E-state index contributed by atoms with van der Waals surface area (Å²) in [5.41, 5.74) is 7.36. The highest BCUT2D eigenvalue weighted by Crippen LogP contribution is 2.19. The average molecular weight is 327 g/mol. The van der Waals surface area contributed by atoms with E-state index >= 15 is 0 Å². The normalized spacial score (nSPS) is 9.56. The maximum atomic E-state index is 4.85. The molecule has 0 aliphatic carbocycles. The SMILES string of the molecule is CCN.Cc1ccsc1CNc1cccc(Br)c1. The molecule has 0 amide bonds. The first-order valence-electron chi connectivity index (χ1n) is 5.89. The molecule has 98 valence electrons. The second kappa shape index (κ2) is 8.29. The smallest absolute Gasteiger partial charge is 0.0496 e. The number of thiophene rings is 1. The van der Waals surface area contributed by atoms with Gasteiger partial charge in [-0.25, -0.2) is 0 Å². The van der Waals surface area contributed by atoms with Crippen LogP contribution in [0.25, 0.3) is 0 Å². The van der Waals surface area contributed by atoms with Crippen LogP contribution in [0.3, 0.4) is 0 Å². The van der Waals surface area contributed by atoms with Crippen LogP contribution in [0.2, 0.25) is 0 Å². The first-order chi connectivity index (χ1) is 8.67. The number of halogens is 1. The minimum Gasteiger partial charge on any atom is -0.380 e. The third kappa shape index (κ3) is 5.21. The second-order valence-electron chi connectivity index (χ2n) is 3.80. The van der Waals surface area contributed by atoms with Crippen molar-refractivity contribution in [1.82, 2.24) is 0 Å². The van der Waals surface area contributed by atoms with Crippen molar-refractivity contribution in [3.63, 3.8) is 0 Å². The molecule has 3 N–H and O–H groups in total. The number of benzene rings is 1. The van der Waals surface area contributed by atoms with E-state index in [-0.39, 0.29) is 0 Å². The number of nitrogens with one attached hydrogen (secondary N) is 1. The van der Waals surface area contributed by atoms with E-state index in [1.165, 1.54) is 10.4 Å². The van der Waals surface area contributed by atoms with Crippen LogP contribution in [0.1, 0.15) is 17.4 Å². The minimum atomic E-state index is 0.750. The van der Waals surface area contributed by atoms with Crippen LogP contribution in [0.4, 0.5) is 5.69 Å². The summed E-state index contributed by atoms with van der Waals surface area (Å²) < 4.78 is 1.11. The Kier molecular flexibility index (Phi) is 7.01. The molecule has 0 saturated heterocycles. The maximum Gasteiger partial charge on any atom is 0.0496 e. The van der Waals surface area contributed by atoms with Crippen LogP contribution in [0, 0.1) is 6.92 Å². The summed E-state index contributed by atoms with van der Waals surface area (Å²) in [6.45, 7) is 5.70. The lowest BCUT2D eigenvalue weighted by Gasteiger charge is -2.05. The Balaban J connectivity index is 0.000000492. The summed E-state index contributed by atoms with van der Waals surface area (Å²) in [7, 11) is 0. The van der Waals surface area contributed by atoms with Gasteiger partial charge in [0.1, 0.15) is 0 Å². The number of hydrogen-bond donors (Lipinski definition) is 2. The Labute approximate surface area is 121 Å². The van der Waals surface area contributed by atoms with E-state index in [2.05, 4.69) is 51.7 Å². The summed E-state index contributed by atoms with van der Waals surface area (Å²) in [6.07, 6.45) is 0. The van der Waals surface area contributed by atoms with Crippen LogP contribution < -0.4 is 11.1 Å². The van der Waals surface area contributed by atoms with E-state index in [0.29, 0.717) is 0 Å². The predicted molar refractivity (Wildman–Crippen MR) is 85.3 cm³/mol. The van der Waals surface area contributed by atoms with Crippen molar-refractivity contribution in [1.29, 1.82) is 0 Å². The highest BCUT2D eigenvalue weighted by molar-refractivity contribution is 9.10. The van der Waals surface area contributed by atoms with Gasteiger partial charge in [-0.1, -0.05) is 28.9 Å². The molecule has 2 rings (SSSR count). The first-order valence-corrected chi connectivity index (χ1v) is 7.57. The molecule has 1 aromatic heterocycles. The number of hydrogen-bond acceptors (Lipinski definition) is 3. The quantitative estimate of drug-likeness (QED) is 0.877. The summed E-state index contributed by atoms with van der Waals surface area (Å²) in [5, 5.41) is 5.54. The van der Waals surface area contributed by atoms with E-state index in [1.807, 2.05) is 19.1 Å². The second-order valence-corrected chi connectivity index (χ2v) is 5.72. The topological polar surface area (TPSA) is 38.0 Å². The van der Waals surface area contributed by atoms with Crippen molar-refractivity contribution >= 4 is 33.0 Å². The first kappa shape index (κ1) is 15.2. The lowest BCUT2D eigenvalue weighted by molar-refractivity contribution is 1.14. The molecular formula is C14H19BrN2S. The van der Waals surface area contributed by atoms with Gasteiger partial charge >= 0.3 is 0 Å². The molecule has 0 fully saturated rings. The minimum absolute atomic E-state index is 0.750. The Morgan fingerprint density at radius 3 is 2.61 bits per heavy atom. The van der Waals surface area contributed by atoms with Gasteiger partial charge in [0.25, 0.3) is 0 Å².